The molecule has 14 heavy (non-hydrogen) atoms. The standard InChI is InChI=1S/C10H9N2OS/c1-6-5-14-9-8(6)10(13)12-4-2-3-7(12)11-9/h2-4H2,1H3. The molecule has 1 radical (unpaired) electrons. The molecular formula is C10H9N2OS. The predicted molar refractivity (Wildman–Crippen MR) is 55.8 cm³/mol. The first-order valence-electron chi connectivity index (χ1n) is 4.68. The molecule has 3 nitrogen and oxygen atoms in total. The van der Waals surface area contributed by atoms with Gasteiger partial charge in [0.05, 0.1) is 10.8 Å². The summed E-state index contributed by atoms with van der Waals surface area (Å²) in [4.78, 5) is 17.3. The van der Waals surface area contributed by atoms with E-state index in [9.17, 15) is 4.79 Å². The summed E-state index contributed by atoms with van der Waals surface area (Å²) in [6, 6.07) is 0. The van der Waals surface area contributed by atoms with Gasteiger partial charge in [-0.2, -0.15) is 0 Å². The molecule has 3 heterocycles. The Morgan fingerprint density at radius 1 is 1.57 bits per heavy atom. The van der Waals surface area contributed by atoms with Crippen LogP contribution < -0.4 is 5.56 Å². The average molecular weight is 205 g/mol. The molecule has 0 saturated carbocycles. The zero-order valence-corrected chi connectivity index (χ0v) is 8.65. The van der Waals surface area contributed by atoms with Gasteiger partial charge in [-0.3, -0.25) is 9.36 Å². The lowest BCUT2D eigenvalue weighted by Crippen LogP contribution is -2.20. The van der Waals surface area contributed by atoms with Crippen molar-refractivity contribution in [1.82, 2.24) is 9.55 Å². The van der Waals surface area contributed by atoms with E-state index < -0.39 is 0 Å². The Kier molecular flexibility index (Phi) is 1.56. The highest BCUT2D eigenvalue weighted by molar-refractivity contribution is 7.16. The van der Waals surface area contributed by atoms with Gasteiger partial charge in [0.2, 0.25) is 0 Å². The second-order valence-corrected chi connectivity index (χ2v) is 4.39. The minimum absolute atomic E-state index is 0.123. The zero-order valence-electron chi connectivity index (χ0n) is 7.83. The van der Waals surface area contributed by atoms with Crippen LogP contribution in [-0.4, -0.2) is 9.55 Å². The van der Waals surface area contributed by atoms with Gasteiger partial charge in [0, 0.05) is 13.0 Å². The monoisotopic (exact) mass is 205 g/mol. The van der Waals surface area contributed by atoms with Gasteiger partial charge in [-0.25, -0.2) is 4.98 Å². The van der Waals surface area contributed by atoms with Crippen molar-refractivity contribution >= 4 is 21.6 Å². The third-order valence-corrected chi connectivity index (χ3v) is 3.57. The number of rotatable bonds is 0. The van der Waals surface area contributed by atoms with Crippen LogP contribution in [0, 0.1) is 12.3 Å². The molecule has 2 aromatic heterocycles. The highest BCUT2D eigenvalue weighted by Crippen LogP contribution is 2.21. The molecule has 0 aromatic carbocycles. The van der Waals surface area contributed by atoms with Crippen molar-refractivity contribution in [2.45, 2.75) is 26.3 Å². The lowest BCUT2D eigenvalue weighted by molar-refractivity contribution is 0.719. The highest BCUT2D eigenvalue weighted by atomic mass is 32.1. The van der Waals surface area contributed by atoms with Crippen LogP contribution in [-0.2, 0) is 13.0 Å². The number of aryl methyl sites for hydroxylation is 2. The fourth-order valence-corrected chi connectivity index (χ4v) is 2.81. The summed E-state index contributed by atoms with van der Waals surface area (Å²) in [7, 11) is 0. The molecule has 0 fully saturated rings. The third kappa shape index (κ3) is 0.917. The van der Waals surface area contributed by atoms with Gasteiger partial charge < -0.3 is 0 Å². The normalized spacial score (nSPS) is 14.9. The van der Waals surface area contributed by atoms with Crippen LogP contribution in [0.1, 0.15) is 17.8 Å². The summed E-state index contributed by atoms with van der Waals surface area (Å²) in [5, 5.41) is 3.85. The summed E-state index contributed by atoms with van der Waals surface area (Å²) < 4.78 is 1.80. The molecule has 1 aliphatic heterocycles. The van der Waals surface area contributed by atoms with Crippen molar-refractivity contribution < 1.29 is 0 Å². The maximum absolute atomic E-state index is 12.0. The summed E-state index contributed by atoms with van der Waals surface area (Å²) in [5.74, 6) is 0.942. The molecule has 2 aromatic rings. The van der Waals surface area contributed by atoms with E-state index >= 15 is 0 Å². The van der Waals surface area contributed by atoms with Crippen molar-refractivity contribution in [2.24, 2.45) is 0 Å². The fourth-order valence-electron chi connectivity index (χ4n) is 1.96. The summed E-state index contributed by atoms with van der Waals surface area (Å²) in [6.07, 6.45) is 1.98. The molecule has 0 spiro atoms. The Labute approximate surface area is 85.0 Å². The van der Waals surface area contributed by atoms with E-state index in [1.54, 1.807) is 4.57 Å². The van der Waals surface area contributed by atoms with Gasteiger partial charge in [0.15, 0.2) is 0 Å². The van der Waals surface area contributed by atoms with Crippen molar-refractivity contribution in [3.8, 4) is 0 Å². The van der Waals surface area contributed by atoms with Crippen molar-refractivity contribution in [3.63, 3.8) is 0 Å². The minimum Gasteiger partial charge on any atom is -0.296 e. The smallest absolute Gasteiger partial charge is 0.262 e. The number of aromatic nitrogens is 2. The van der Waals surface area contributed by atoms with E-state index in [1.807, 2.05) is 6.92 Å². The Morgan fingerprint density at radius 3 is 3.29 bits per heavy atom. The molecule has 0 saturated heterocycles. The van der Waals surface area contributed by atoms with Crippen molar-refractivity contribution in [3.05, 3.63) is 27.1 Å². The number of fused-ring (bicyclic) bond motifs is 2. The summed E-state index contributed by atoms with van der Waals surface area (Å²) in [6.45, 7) is 2.75. The molecule has 3 rings (SSSR count). The Bertz CT molecular complexity index is 567. The van der Waals surface area contributed by atoms with Gasteiger partial charge in [0.25, 0.3) is 5.56 Å². The van der Waals surface area contributed by atoms with E-state index in [0.29, 0.717) is 0 Å². The predicted octanol–water partition coefficient (Wildman–Crippen LogP) is 1.51. The third-order valence-electron chi connectivity index (χ3n) is 2.67. The van der Waals surface area contributed by atoms with E-state index in [0.717, 1.165) is 41.0 Å². The molecule has 0 aliphatic carbocycles. The molecule has 0 unspecified atom stereocenters. The van der Waals surface area contributed by atoms with Gasteiger partial charge in [0.1, 0.15) is 10.7 Å². The van der Waals surface area contributed by atoms with Gasteiger partial charge in [-0.15, -0.1) is 11.3 Å². The van der Waals surface area contributed by atoms with Crippen LogP contribution in [0.15, 0.2) is 4.79 Å². The van der Waals surface area contributed by atoms with E-state index in [2.05, 4.69) is 10.4 Å². The first-order chi connectivity index (χ1) is 6.77. The lowest BCUT2D eigenvalue weighted by atomic mass is 10.3. The zero-order chi connectivity index (χ0) is 9.71. The summed E-state index contributed by atoms with van der Waals surface area (Å²) in [5.41, 5.74) is 1.06. The van der Waals surface area contributed by atoms with Crippen LogP contribution in [0.4, 0.5) is 0 Å². The summed E-state index contributed by atoms with van der Waals surface area (Å²) >= 11 is 1.44. The largest absolute Gasteiger partial charge is 0.296 e. The van der Waals surface area contributed by atoms with Crippen LogP contribution in [0.5, 0.6) is 0 Å². The van der Waals surface area contributed by atoms with Crippen LogP contribution in [0.3, 0.4) is 0 Å². The number of thiophene rings is 1. The molecule has 0 atom stereocenters. The molecule has 0 bridgehead atoms. The number of nitrogens with zero attached hydrogens (tertiary/aromatic N) is 2. The molecule has 71 valence electrons. The van der Waals surface area contributed by atoms with Gasteiger partial charge >= 0.3 is 0 Å². The first kappa shape index (κ1) is 8.17. The second-order valence-electron chi connectivity index (χ2n) is 3.60. The molecule has 0 amide bonds. The maximum atomic E-state index is 12.0. The Morgan fingerprint density at radius 2 is 2.43 bits per heavy atom. The Hall–Kier alpha value is -1.16. The minimum atomic E-state index is 0.123. The van der Waals surface area contributed by atoms with Crippen LogP contribution >= 0.6 is 11.3 Å². The molecule has 1 aliphatic rings. The molecule has 4 heteroatoms. The number of hydrogen-bond acceptors (Lipinski definition) is 3. The quantitative estimate of drug-likeness (QED) is 0.653. The lowest BCUT2D eigenvalue weighted by Gasteiger charge is -2.01. The first-order valence-corrected chi connectivity index (χ1v) is 5.49. The molecule has 0 N–H and O–H groups in total. The fraction of sp³-hybridized carbons (Fsp3) is 0.400. The van der Waals surface area contributed by atoms with E-state index in [4.69, 9.17) is 0 Å². The van der Waals surface area contributed by atoms with Crippen molar-refractivity contribution in [1.29, 1.82) is 0 Å². The SMILES string of the molecule is Cc1[c]sc2nc3n(c(=O)c12)CCC3. The van der Waals surface area contributed by atoms with E-state index in [-0.39, 0.29) is 5.56 Å². The van der Waals surface area contributed by atoms with Crippen LogP contribution in [0.25, 0.3) is 10.2 Å². The van der Waals surface area contributed by atoms with Crippen LogP contribution in [0.2, 0.25) is 0 Å². The highest BCUT2D eigenvalue weighted by Gasteiger charge is 2.17. The van der Waals surface area contributed by atoms with Gasteiger partial charge in [-0.05, 0) is 18.9 Å². The topological polar surface area (TPSA) is 34.9 Å². The number of hydrogen-bond donors (Lipinski definition) is 0. The molecular weight excluding hydrogens is 196 g/mol. The average Bonchev–Trinajstić information content (AvgIpc) is 2.74. The Balaban J connectivity index is 2.53. The maximum Gasteiger partial charge on any atom is 0.262 e. The second kappa shape index (κ2) is 2.67. The van der Waals surface area contributed by atoms with Crippen molar-refractivity contribution in [2.75, 3.05) is 0 Å². The van der Waals surface area contributed by atoms with Gasteiger partial charge in [-0.1, -0.05) is 0 Å². The van der Waals surface area contributed by atoms with E-state index in [1.165, 1.54) is 11.3 Å².